The van der Waals surface area contributed by atoms with Gasteiger partial charge in [0.25, 0.3) is 0 Å². The largest absolute Gasteiger partial charge is 0.465 e. The molecule has 0 heterocycles. The Labute approximate surface area is 111 Å². The van der Waals surface area contributed by atoms with E-state index in [1.54, 1.807) is 19.1 Å². The molecular weight excluding hydrogens is 255 g/mol. The van der Waals surface area contributed by atoms with Crippen molar-refractivity contribution in [1.82, 2.24) is 10.6 Å². The van der Waals surface area contributed by atoms with Gasteiger partial charge in [-0.2, -0.15) is 0 Å². The monoisotopic (exact) mass is 270 g/mol. The number of hydrogen-bond acceptors (Lipinski definition) is 3. The molecule has 6 heteroatoms. The van der Waals surface area contributed by atoms with E-state index >= 15 is 0 Å². The van der Waals surface area contributed by atoms with E-state index in [0.29, 0.717) is 18.3 Å². The quantitative estimate of drug-likeness (QED) is 0.625. The maximum atomic E-state index is 12.7. The summed E-state index contributed by atoms with van der Waals surface area (Å²) in [7, 11) is 0. The molecular formula is C12H15FN2O2S. The van der Waals surface area contributed by atoms with Crippen LogP contribution in [0.15, 0.2) is 24.3 Å². The lowest BCUT2D eigenvalue weighted by molar-refractivity contribution is -0.141. The summed E-state index contributed by atoms with van der Waals surface area (Å²) >= 11 is 4.98. The van der Waals surface area contributed by atoms with Crippen molar-refractivity contribution in [3.63, 3.8) is 0 Å². The summed E-state index contributed by atoms with van der Waals surface area (Å²) in [4.78, 5) is 11.0. The molecule has 0 saturated heterocycles. The molecule has 0 atom stereocenters. The molecule has 1 aromatic carbocycles. The normalized spacial score (nSPS) is 9.67. The number of nitrogens with one attached hydrogen (secondary N) is 2. The van der Waals surface area contributed by atoms with E-state index in [0.717, 1.165) is 5.56 Å². The Hall–Kier alpha value is -1.69. The Balaban J connectivity index is 2.24. The number of carbonyl (C=O) groups is 1. The molecule has 2 N–H and O–H groups in total. The fourth-order valence-electron chi connectivity index (χ4n) is 1.21. The number of ether oxygens (including phenoxy) is 1. The van der Waals surface area contributed by atoms with Crippen LogP contribution < -0.4 is 10.6 Å². The molecule has 0 fully saturated rings. The average Bonchev–Trinajstić information content (AvgIpc) is 2.36. The SMILES string of the molecule is CCOC(=O)CNC(=S)NCc1ccc(F)cc1. The number of hydrogen-bond donors (Lipinski definition) is 2. The minimum Gasteiger partial charge on any atom is -0.465 e. The summed E-state index contributed by atoms with van der Waals surface area (Å²) in [5.74, 6) is -0.634. The van der Waals surface area contributed by atoms with E-state index < -0.39 is 0 Å². The molecule has 0 spiro atoms. The first-order valence-electron chi connectivity index (χ1n) is 5.53. The second kappa shape index (κ2) is 7.60. The standard InChI is InChI=1S/C12H15FN2O2S/c1-2-17-11(16)8-15-12(18)14-7-9-3-5-10(13)6-4-9/h3-6H,2,7-8H2,1H3,(H2,14,15,18). The summed E-state index contributed by atoms with van der Waals surface area (Å²) in [6.45, 7) is 2.58. The summed E-state index contributed by atoms with van der Waals surface area (Å²) in [6.07, 6.45) is 0. The van der Waals surface area contributed by atoms with Crippen LogP contribution >= 0.6 is 12.2 Å². The highest BCUT2D eigenvalue weighted by atomic mass is 32.1. The Morgan fingerprint density at radius 3 is 2.61 bits per heavy atom. The highest BCUT2D eigenvalue weighted by molar-refractivity contribution is 7.80. The fraction of sp³-hybridized carbons (Fsp3) is 0.333. The van der Waals surface area contributed by atoms with Crippen LogP contribution in [0.3, 0.4) is 0 Å². The molecule has 0 bridgehead atoms. The van der Waals surface area contributed by atoms with Gasteiger partial charge in [-0.1, -0.05) is 12.1 Å². The molecule has 4 nitrogen and oxygen atoms in total. The summed E-state index contributed by atoms with van der Waals surface area (Å²) < 4.78 is 17.4. The van der Waals surface area contributed by atoms with E-state index in [2.05, 4.69) is 10.6 Å². The second-order valence-electron chi connectivity index (χ2n) is 3.47. The van der Waals surface area contributed by atoms with Crippen molar-refractivity contribution < 1.29 is 13.9 Å². The smallest absolute Gasteiger partial charge is 0.325 e. The van der Waals surface area contributed by atoms with Gasteiger partial charge < -0.3 is 15.4 Å². The minimum atomic E-state index is -0.358. The predicted molar refractivity (Wildman–Crippen MR) is 70.5 cm³/mol. The van der Waals surface area contributed by atoms with E-state index in [1.807, 2.05) is 0 Å². The third kappa shape index (κ3) is 5.58. The first-order chi connectivity index (χ1) is 8.61. The zero-order valence-corrected chi connectivity index (χ0v) is 10.8. The Kier molecular flexibility index (Phi) is 6.07. The second-order valence-corrected chi connectivity index (χ2v) is 3.88. The van der Waals surface area contributed by atoms with Crippen molar-refractivity contribution in [2.24, 2.45) is 0 Å². The van der Waals surface area contributed by atoms with E-state index in [9.17, 15) is 9.18 Å². The lowest BCUT2D eigenvalue weighted by Gasteiger charge is -2.09. The Bertz CT molecular complexity index is 409. The van der Waals surface area contributed by atoms with Crippen LogP contribution in [-0.2, 0) is 16.1 Å². The molecule has 0 unspecified atom stereocenters. The Morgan fingerprint density at radius 1 is 1.33 bits per heavy atom. The van der Waals surface area contributed by atoms with Crippen molar-refractivity contribution >= 4 is 23.3 Å². The van der Waals surface area contributed by atoms with Crippen molar-refractivity contribution in [3.05, 3.63) is 35.6 Å². The van der Waals surface area contributed by atoms with Gasteiger partial charge in [-0.3, -0.25) is 4.79 Å². The van der Waals surface area contributed by atoms with Crippen molar-refractivity contribution in [2.45, 2.75) is 13.5 Å². The molecule has 0 aliphatic rings. The zero-order chi connectivity index (χ0) is 13.4. The summed E-state index contributed by atoms with van der Waals surface area (Å²) in [5, 5.41) is 5.98. The van der Waals surface area contributed by atoms with Gasteiger partial charge in [0.2, 0.25) is 0 Å². The molecule has 1 aromatic rings. The number of carbonyl (C=O) groups excluding carboxylic acids is 1. The van der Waals surface area contributed by atoms with Crippen molar-refractivity contribution in [2.75, 3.05) is 13.2 Å². The highest BCUT2D eigenvalue weighted by Crippen LogP contribution is 2.01. The molecule has 1 rings (SSSR count). The average molecular weight is 270 g/mol. The number of esters is 1. The topological polar surface area (TPSA) is 50.4 Å². The van der Waals surface area contributed by atoms with Gasteiger partial charge in [-0.05, 0) is 36.8 Å². The van der Waals surface area contributed by atoms with Crippen LogP contribution in [0.5, 0.6) is 0 Å². The molecule has 18 heavy (non-hydrogen) atoms. The molecule has 98 valence electrons. The van der Waals surface area contributed by atoms with Gasteiger partial charge in [0, 0.05) is 6.54 Å². The number of rotatable bonds is 5. The lowest BCUT2D eigenvalue weighted by atomic mass is 10.2. The fourth-order valence-corrected chi connectivity index (χ4v) is 1.36. The van der Waals surface area contributed by atoms with E-state index in [1.165, 1.54) is 12.1 Å². The zero-order valence-electron chi connectivity index (χ0n) is 10.0. The maximum Gasteiger partial charge on any atom is 0.325 e. The van der Waals surface area contributed by atoms with Gasteiger partial charge in [0.05, 0.1) is 6.61 Å². The van der Waals surface area contributed by atoms with Crippen LogP contribution in [0.1, 0.15) is 12.5 Å². The van der Waals surface area contributed by atoms with Gasteiger partial charge in [-0.25, -0.2) is 4.39 Å². The summed E-state index contributed by atoms with van der Waals surface area (Å²) in [5.41, 5.74) is 0.900. The van der Waals surface area contributed by atoms with Gasteiger partial charge in [-0.15, -0.1) is 0 Å². The number of benzene rings is 1. The predicted octanol–water partition coefficient (Wildman–Crippen LogP) is 1.35. The molecule has 0 aliphatic carbocycles. The third-order valence-electron chi connectivity index (χ3n) is 2.06. The van der Waals surface area contributed by atoms with E-state index in [4.69, 9.17) is 17.0 Å². The third-order valence-corrected chi connectivity index (χ3v) is 2.35. The van der Waals surface area contributed by atoms with Gasteiger partial charge in [0.15, 0.2) is 5.11 Å². The van der Waals surface area contributed by atoms with Crippen LogP contribution in [0.4, 0.5) is 4.39 Å². The van der Waals surface area contributed by atoms with Crippen LogP contribution in [0.2, 0.25) is 0 Å². The van der Waals surface area contributed by atoms with Crippen LogP contribution in [0, 0.1) is 5.82 Å². The minimum absolute atomic E-state index is 0.0308. The summed E-state index contributed by atoms with van der Waals surface area (Å²) in [6, 6.07) is 6.09. The molecule has 0 saturated carbocycles. The maximum absolute atomic E-state index is 12.7. The first-order valence-corrected chi connectivity index (χ1v) is 5.94. The highest BCUT2D eigenvalue weighted by Gasteiger charge is 2.02. The van der Waals surface area contributed by atoms with Crippen molar-refractivity contribution in [1.29, 1.82) is 0 Å². The van der Waals surface area contributed by atoms with Gasteiger partial charge >= 0.3 is 5.97 Å². The molecule has 0 aliphatic heterocycles. The van der Waals surface area contributed by atoms with Crippen LogP contribution in [0.25, 0.3) is 0 Å². The molecule has 0 amide bonds. The Morgan fingerprint density at radius 2 is 2.00 bits per heavy atom. The molecule has 0 aromatic heterocycles. The first kappa shape index (κ1) is 14.4. The van der Waals surface area contributed by atoms with E-state index in [-0.39, 0.29) is 18.3 Å². The van der Waals surface area contributed by atoms with Crippen molar-refractivity contribution in [3.8, 4) is 0 Å². The molecule has 0 radical (unpaired) electrons. The number of thiocarbonyl (C=S) groups is 1. The van der Waals surface area contributed by atoms with Gasteiger partial charge in [0.1, 0.15) is 12.4 Å². The lowest BCUT2D eigenvalue weighted by Crippen LogP contribution is -2.38. The van der Waals surface area contributed by atoms with Crippen LogP contribution in [-0.4, -0.2) is 24.2 Å². The number of halogens is 1.